The van der Waals surface area contributed by atoms with Crippen LogP contribution in [-0.4, -0.2) is 11.1 Å². The minimum atomic E-state index is -0.259. The summed E-state index contributed by atoms with van der Waals surface area (Å²) in [6, 6.07) is 13.9. The molecule has 2 aromatic rings. The Morgan fingerprint density at radius 1 is 1.19 bits per heavy atom. The van der Waals surface area contributed by atoms with Gasteiger partial charge >= 0.3 is 0 Å². The Balaban J connectivity index is 2.32. The lowest BCUT2D eigenvalue weighted by Gasteiger charge is -2.00. The number of aliphatic imine (C=N–C) groups is 1. The van der Waals surface area contributed by atoms with Gasteiger partial charge in [0.05, 0.1) is 11.6 Å². The molecular formula is C13H9NOS. The van der Waals surface area contributed by atoms with Gasteiger partial charge in [-0.15, -0.1) is 0 Å². The molecule has 0 aromatic heterocycles. The number of hydrogen-bond acceptors (Lipinski definition) is 2. The zero-order chi connectivity index (χ0) is 11.4. The van der Waals surface area contributed by atoms with Crippen LogP contribution in [0.25, 0.3) is 10.8 Å². The van der Waals surface area contributed by atoms with Gasteiger partial charge < -0.3 is 0 Å². The molecule has 0 unspecified atom stereocenters. The Morgan fingerprint density at radius 3 is 2.69 bits per heavy atom. The molecule has 0 fully saturated rings. The van der Waals surface area contributed by atoms with Crippen LogP contribution in [0.15, 0.2) is 47.5 Å². The standard InChI is InChI=1S/C13H9NOS/c15-13(14-9-16)8-10-5-6-11-3-1-2-4-12(11)7-10/h1-7H,8H2. The number of rotatable bonds is 2. The quantitative estimate of drug-likeness (QED) is 0.583. The molecule has 0 saturated carbocycles. The number of thiocarbonyl (C=S) groups is 1. The van der Waals surface area contributed by atoms with Gasteiger partial charge in [-0.2, -0.15) is 4.99 Å². The molecule has 0 atom stereocenters. The Bertz CT molecular complexity index is 585. The molecule has 0 spiro atoms. The lowest BCUT2D eigenvalue weighted by Crippen LogP contribution is -1.97. The Labute approximate surface area is 98.6 Å². The van der Waals surface area contributed by atoms with Crippen LogP contribution in [0.1, 0.15) is 5.56 Å². The van der Waals surface area contributed by atoms with E-state index in [-0.39, 0.29) is 12.3 Å². The van der Waals surface area contributed by atoms with Gasteiger partial charge in [-0.25, -0.2) is 0 Å². The molecule has 3 heteroatoms. The molecule has 1 amide bonds. The second-order valence-corrected chi connectivity index (χ2v) is 3.64. The number of benzene rings is 2. The molecule has 16 heavy (non-hydrogen) atoms. The molecule has 0 radical (unpaired) electrons. The second-order valence-electron chi connectivity index (χ2n) is 3.46. The van der Waals surface area contributed by atoms with Gasteiger partial charge in [0, 0.05) is 0 Å². The zero-order valence-corrected chi connectivity index (χ0v) is 9.33. The third-order valence-corrected chi connectivity index (χ3v) is 2.43. The van der Waals surface area contributed by atoms with E-state index >= 15 is 0 Å². The highest BCUT2D eigenvalue weighted by molar-refractivity contribution is 7.78. The Kier molecular flexibility index (Phi) is 3.20. The average Bonchev–Trinajstić information content (AvgIpc) is 2.29. The molecule has 0 bridgehead atoms. The number of nitrogens with zero attached hydrogens (tertiary/aromatic N) is 1. The highest BCUT2D eigenvalue weighted by atomic mass is 32.1. The molecule has 0 heterocycles. The summed E-state index contributed by atoms with van der Waals surface area (Å²) in [7, 11) is 0. The van der Waals surface area contributed by atoms with E-state index in [0.717, 1.165) is 16.3 Å². The number of amides is 1. The first-order valence-corrected chi connectivity index (χ1v) is 5.29. The second kappa shape index (κ2) is 4.79. The number of fused-ring (bicyclic) bond motifs is 1. The minimum absolute atomic E-state index is 0.259. The van der Waals surface area contributed by atoms with Crippen LogP contribution < -0.4 is 0 Å². The molecule has 2 nitrogen and oxygen atoms in total. The van der Waals surface area contributed by atoms with Crippen LogP contribution in [0.4, 0.5) is 0 Å². The third-order valence-electron chi connectivity index (χ3n) is 2.34. The van der Waals surface area contributed by atoms with Crippen molar-refractivity contribution in [2.45, 2.75) is 6.42 Å². The molecule has 0 aliphatic heterocycles. The van der Waals surface area contributed by atoms with Gasteiger partial charge in [0.25, 0.3) is 5.91 Å². The molecule has 0 N–H and O–H groups in total. The molecule has 2 rings (SSSR count). The van der Waals surface area contributed by atoms with Crippen molar-refractivity contribution in [1.82, 2.24) is 0 Å². The van der Waals surface area contributed by atoms with Crippen LogP contribution in [0, 0.1) is 0 Å². The van der Waals surface area contributed by atoms with Crippen molar-refractivity contribution >= 4 is 34.1 Å². The van der Waals surface area contributed by atoms with Crippen molar-refractivity contribution in [2.75, 3.05) is 0 Å². The Morgan fingerprint density at radius 2 is 1.94 bits per heavy atom. The summed E-state index contributed by atoms with van der Waals surface area (Å²) >= 11 is 4.38. The molecule has 78 valence electrons. The van der Waals surface area contributed by atoms with Crippen molar-refractivity contribution < 1.29 is 4.79 Å². The lowest BCUT2D eigenvalue weighted by atomic mass is 10.1. The maximum absolute atomic E-state index is 11.3. The highest BCUT2D eigenvalue weighted by Gasteiger charge is 2.01. The van der Waals surface area contributed by atoms with Crippen molar-refractivity contribution in [2.24, 2.45) is 4.99 Å². The van der Waals surface area contributed by atoms with E-state index in [4.69, 9.17) is 0 Å². The third kappa shape index (κ3) is 2.40. The topological polar surface area (TPSA) is 29.4 Å². The smallest absolute Gasteiger partial charge is 0.258 e. The first-order chi connectivity index (χ1) is 7.79. The van der Waals surface area contributed by atoms with E-state index in [1.165, 1.54) is 0 Å². The normalized spacial score (nSPS) is 9.75. The summed E-state index contributed by atoms with van der Waals surface area (Å²) in [4.78, 5) is 14.7. The summed E-state index contributed by atoms with van der Waals surface area (Å²) in [6.07, 6.45) is 0.272. The fraction of sp³-hybridized carbons (Fsp3) is 0.0769. The van der Waals surface area contributed by atoms with Gasteiger partial charge in [-0.05, 0) is 28.6 Å². The molecule has 2 aromatic carbocycles. The monoisotopic (exact) mass is 227 g/mol. The van der Waals surface area contributed by atoms with Crippen molar-refractivity contribution in [3.05, 3.63) is 48.0 Å². The molecule has 0 aliphatic carbocycles. The lowest BCUT2D eigenvalue weighted by molar-refractivity contribution is -0.117. The SMILES string of the molecule is O=C(Cc1ccc2ccccc2c1)N=C=S. The average molecular weight is 227 g/mol. The maximum Gasteiger partial charge on any atom is 0.258 e. The van der Waals surface area contributed by atoms with Gasteiger partial charge in [-0.1, -0.05) is 42.5 Å². The summed E-state index contributed by atoms with van der Waals surface area (Å²) in [6.45, 7) is 0. The van der Waals surface area contributed by atoms with Crippen LogP contribution in [-0.2, 0) is 11.2 Å². The van der Waals surface area contributed by atoms with Crippen molar-refractivity contribution in [3.63, 3.8) is 0 Å². The van der Waals surface area contributed by atoms with Gasteiger partial charge in [0.1, 0.15) is 0 Å². The number of isothiocyanates is 1. The summed E-state index contributed by atoms with van der Waals surface area (Å²) < 4.78 is 0. The van der Waals surface area contributed by atoms with E-state index < -0.39 is 0 Å². The summed E-state index contributed by atoms with van der Waals surface area (Å²) in [5, 5.41) is 4.37. The van der Waals surface area contributed by atoms with E-state index in [0.29, 0.717) is 0 Å². The number of carbonyl (C=O) groups is 1. The predicted octanol–water partition coefficient (Wildman–Crippen LogP) is 3.01. The van der Waals surface area contributed by atoms with Crippen LogP contribution in [0.2, 0.25) is 0 Å². The molecular weight excluding hydrogens is 218 g/mol. The summed E-state index contributed by atoms with van der Waals surface area (Å²) in [5.41, 5.74) is 0.942. The van der Waals surface area contributed by atoms with Crippen LogP contribution in [0.5, 0.6) is 0 Å². The first-order valence-electron chi connectivity index (χ1n) is 4.88. The van der Waals surface area contributed by atoms with Gasteiger partial charge in [0.2, 0.25) is 0 Å². The van der Waals surface area contributed by atoms with Crippen LogP contribution >= 0.6 is 12.2 Å². The number of carbonyl (C=O) groups excluding carboxylic acids is 1. The summed E-state index contributed by atoms with van der Waals surface area (Å²) in [5.74, 6) is -0.259. The van der Waals surface area contributed by atoms with Crippen LogP contribution in [0.3, 0.4) is 0 Å². The maximum atomic E-state index is 11.3. The van der Waals surface area contributed by atoms with Gasteiger partial charge in [-0.3, -0.25) is 4.79 Å². The van der Waals surface area contributed by atoms with E-state index in [2.05, 4.69) is 22.4 Å². The minimum Gasteiger partial charge on any atom is -0.271 e. The van der Waals surface area contributed by atoms with E-state index in [1.807, 2.05) is 42.5 Å². The molecule has 0 aliphatic rings. The fourth-order valence-corrected chi connectivity index (χ4v) is 1.72. The highest BCUT2D eigenvalue weighted by Crippen LogP contribution is 2.16. The predicted molar refractivity (Wildman–Crippen MR) is 67.7 cm³/mol. The van der Waals surface area contributed by atoms with Crippen molar-refractivity contribution in [1.29, 1.82) is 0 Å². The van der Waals surface area contributed by atoms with Gasteiger partial charge in [0.15, 0.2) is 0 Å². The first kappa shape index (κ1) is 10.7. The van der Waals surface area contributed by atoms with Crippen molar-refractivity contribution in [3.8, 4) is 0 Å². The number of hydrogen-bond donors (Lipinski definition) is 0. The largest absolute Gasteiger partial charge is 0.271 e. The fourth-order valence-electron chi connectivity index (χ4n) is 1.61. The molecule has 0 saturated heterocycles. The zero-order valence-electron chi connectivity index (χ0n) is 8.51. The van der Waals surface area contributed by atoms with E-state index in [9.17, 15) is 4.79 Å². The van der Waals surface area contributed by atoms with E-state index in [1.54, 1.807) is 0 Å². The Hall–Kier alpha value is -1.83.